The Morgan fingerprint density at radius 3 is 2.45 bits per heavy atom. The van der Waals surface area contributed by atoms with Crippen molar-refractivity contribution in [3.05, 3.63) is 23.9 Å². The smallest absolute Gasteiger partial charge is 0.256 e. The van der Waals surface area contributed by atoms with Crippen LogP contribution in [0.1, 0.15) is 42.5 Å². The van der Waals surface area contributed by atoms with Gasteiger partial charge in [0.25, 0.3) is 5.91 Å². The Kier molecular flexibility index (Phi) is 5.71. The van der Waals surface area contributed by atoms with Crippen molar-refractivity contribution in [3.8, 4) is 5.88 Å². The number of pyridine rings is 1. The van der Waals surface area contributed by atoms with E-state index in [1.807, 2.05) is 0 Å². The first-order valence-electron chi connectivity index (χ1n) is 7.54. The molecule has 1 saturated carbocycles. The van der Waals surface area contributed by atoms with Crippen LogP contribution in [0.3, 0.4) is 0 Å². The molecule has 0 aliphatic heterocycles. The summed E-state index contributed by atoms with van der Waals surface area (Å²) in [6.07, 6.45) is 5.00. The molecular formula is C15H22N4O3. The van der Waals surface area contributed by atoms with E-state index in [9.17, 15) is 14.7 Å². The lowest BCUT2D eigenvalue weighted by molar-refractivity contribution is -0.121. The van der Waals surface area contributed by atoms with E-state index in [0.717, 1.165) is 25.7 Å². The Balaban J connectivity index is 1.79. The summed E-state index contributed by atoms with van der Waals surface area (Å²) in [4.78, 5) is 27.3. The molecule has 0 atom stereocenters. The number of nitrogens with zero attached hydrogens (tertiary/aromatic N) is 1. The molecule has 7 nitrogen and oxygen atoms in total. The number of aromatic hydroxyl groups is 1. The van der Waals surface area contributed by atoms with Gasteiger partial charge in [-0.3, -0.25) is 9.59 Å². The fraction of sp³-hybridized carbons (Fsp3) is 0.533. The van der Waals surface area contributed by atoms with Gasteiger partial charge in [-0.15, -0.1) is 0 Å². The number of rotatable bonds is 5. The zero-order valence-corrected chi connectivity index (χ0v) is 12.4. The summed E-state index contributed by atoms with van der Waals surface area (Å²) in [6.45, 7) is 0.353. The number of carbonyl (C=O) groups is 2. The molecule has 0 bridgehead atoms. The van der Waals surface area contributed by atoms with E-state index in [1.54, 1.807) is 6.07 Å². The molecule has 7 heteroatoms. The van der Waals surface area contributed by atoms with Gasteiger partial charge >= 0.3 is 0 Å². The number of hydrogen-bond donors (Lipinski definition) is 4. The predicted molar refractivity (Wildman–Crippen MR) is 81.2 cm³/mol. The highest BCUT2D eigenvalue weighted by molar-refractivity contribution is 5.96. The minimum Gasteiger partial charge on any atom is -0.493 e. The number of amides is 2. The van der Waals surface area contributed by atoms with Gasteiger partial charge in [0.15, 0.2) is 0 Å². The first-order chi connectivity index (χ1) is 10.6. The van der Waals surface area contributed by atoms with Crippen molar-refractivity contribution >= 4 is 11.8 Å². The van der Waals surface area contributed by atoms with Crippen LogP contribution in [0, 0.1) is 0 Å². The zero-order valence-electron chi connectivity index (χ0n) is 12.4. The Bertz CT molecular complexity index is 527. The molecule has 1 heterocycles. The Morgan fingerprint density at radius 1 is 1.23 bits per heavy atom. The molecule has 5 N–H and O–H groups in total. The van der Waals surface area contributed by atoms with Crippen molar-refractivity contribution in [1.29, 1.82) is 0 Å². The first kappa shape index (κ1) is 16.2. The first-order valence-corrected chi connectivity index (χ1v) is 7.54. The van der Waals surface area contributed by atoms with Crippen LogP contribution in [-0.4, -0.2) is 40.5 Å². The van der Waals surface area contributed by atoms with Gasteiger partial charge in [0.2, 0.25) is 11.8 Å². The lowest BCUT2D eigenvalue weighted by Crippen LogP contribution is -2.44. The zero-order chi connectivity index (χ0) is 15.9. The van der Waals surface area contributed by atoms with E-state index in [-0.39, 0.29) is 35.3 Å². The molecule has 1 fully saturated rings. The van der Waals surface area contributed by atoms with Crippen LogP contribution < -0.4 is 16.4 Å². The molecule has 1 aliphatic rings. The van der Waals surface area contributed by atoms with E-state index in [4.69, 9.17) is 5.73 Å². The van der Waals surface area contributed by atoms with Gasteiger partial charge in [-0.05, 0) is 37.8 Å². The van der Waals surface area contributed by atoms with E-state index < -0.39 is 0 Å². The largest absolute Gasteiger partial charge is 0.493 e. The van der Waals surface area contributed by atoms with Crippen LogP contribution >= 0.6 is 0 Å². The predicted octanol–water partition coefficient (Wildman–Crippen LogP) is 0.293. The molecular weight excluding hydrogens is 284 g/mol. The molecule has 0 aromatic carbocycles. The summed E-state index contributed by atoms with van der Waals surface area (Å²) in [5.41, 5.74) is 5.53. The fourth-order valence-electron chi connectivity index (χ4n) is 2.65. The number of nitrogens with one attached hydrogen (secondary N) is 2. The van der Waals surface area contributed by atoms with E-state index in [2.05, 4.69) is 15.6 Å². The van der Waals surface area contributed by atoms with Crippen LogP contribution in [0.4, 0.5) is 0 Å². The summed E-state index contributed by atoms with van der Waals surface area (Å²) in [5.74, 6) is -0.598. The third-order valence-electron chi connectivity index (χ3n) is 3.83. The second-order valence-corrected chi connectivity index (χ2v) is 5.50. The van der Waals surface area contributed by atoms with Crippen LogP contribution in [0.25, 0.3) is 0 Å². The van der Waals surface area contributed by atoms with Crippen LogP contribution in [0.2, 0.25) is 0 Å². The van der Waals surface area contributed by atoms with Crippen molar-refractivity contribution in [2.24, 2.45) is 5.73 Å². The van der Waals surface area contributed by atoms with Gasteiger partial charge in [-0.2, -0.15) is 0 Å². The molecule has 120 valence electrons. The summed E-state index contributed by atoms with van der Waals surface area (Å²) >= 11 is 0. The van der Waals surface area contributed by atoms with E-state index in [0.29, 0.717) is 13.0 Å². The topological polar surface area (TPSA) is 117 Å². The van der Waals surface area contributed by atoms with Gasteiger partial charge in [0.1, 0.15) is 5.56 Å². The molecule has 1 aromatic heterocycles. The van der Waals surface area contributed by atoms with Crippen LogP contribution in [0.5, 0.6) is 5.88 Å². The van der Waals surface area contributed by atoms with Crippen LogP contribution in [-0.2, 0) is 4.79 Å². The van der Waals surface area contributed by atoms with Crippen molar-refractivity contribution in [2.45, 2.75) is 44.2 Å². The normalized spacial score (nSPS) is 21.1. The van der Waals surface area contributed by atoms with Gasteiger partial charge < -0.3 is 21.5 Å². The molecule has 0 spiro atoms. The monoisotopic (exact) mass is 306 g/mol. The summed E-state index contributed by atoms with van der Waals surface area (Å²) in [5, 5.41) is 15.4. The SMILES string of the molecule is NCCC(=O)NC1CCC(NC(=O)c2cccnc2O)CC1. The number of nitrogens with two attached hydrogens (primary N) is 1. The van der Waals surface area contributed by atoms with Crippen molar-refractivity contribution < 1.29 is 14.7 Å². The summed E-state index contributed by atoms with van der Waals surface area (Å²) in [6, 6.07) is 3.35. The Hall–Kier alpha value is -2.15. The number of carbonyl (C=O) groups excluding carboxylic acids is 2. The van der Waals surface area contributed by atoms with Crippen molar-refractivity contribution in [3.63, 3.8) is 0 Å². The van der Waals surface area contributed by atoms with Crippen LogP contribution in [0.15, 0.2) is 18.3 Å². The lowest BCUT2D eigenvalue weighted by Gasteiger charge is -2.29. The molecule has 1 aliphatic carbocycles. The highest BCUT2D eigenvalue weighted by atomic mass is 16.3. The van der Waals surface area contributed by atoms with Crippen molar-refractivity contribution in [1.82, 2.24) is 15.6 Å². The molecule has 22 heavy (non-hydrogen) atoms. The highest BCUT2D eigenvalue weighted by Gasteiger charge is 2.24. The molecule has 0 unspecified atom stereocenters. The molecule has 0 radical (unpaired) electrons. The molecule has 0 saturated heterocycles. The number of aromatic nitrogens is 1. The molecule has 2 rings (SSSR count). The average molecular weight is 306 g/mol. The molecule has 2 amide bonds. The highest BCUT2D eigenvalue weighted by Crippen LogP contribution is 2.20. The van der Waals surface area contributed by atoms with E-state index in [1.165, 1.54) is 12.3 Å². The Labute approximate surface area is 129 Å². The standard InChI is InChI=1S/C15H22N4O3/c16-8-7-13(20)18-10-3-5-11(6-4-10)19-15(22)12-2-1-9-17-14(12)21/h1-2,9-11H,3-8,16H2,(H,17,21)(H,18,20)(H,19,22). The number of hydrogen-bond acceptors (Lipinski definition) is 5. The van der Waals surface area contributed by atoms with E-state index >= 15 is 0 Å². The minimum atomic E-state index is -0.318. The third-order valence-corrected chi connectivity index (χ3v) is 3.83. The van der Waals surface area contributed by atoms with Crippen molar-refractivity contribution in [2.75, 3.05) is 6.54 Å². The minimum absolute atomic E-state index is 0.0183. The maximum Gasteiger partial charge on any atom is 0.256 e. The van der Waals surface area contributed by atoms with Gasteiger partial charge in [0.05, 0.1) is 0 Å². The quantitative estimate of drug-likeness (QED) is 0.624. The fourth-order valence-corrected chi connectivity index (χ4v) is 2.65. The van der Waals surface area contributed by atoms with Gasteiger partial charge in [-0.25, -0.2) is 4.98 Å². The average Bonchev–Trinajstić information content (AvgIpc) is 2.50. The second-order valence-electron chi connectivity index (χ2n) is 5.50. The maximum atomic E-state index is 12.1. The van der Waals surface area contributed by atoms with Gasteiger partial charge in [0, 0.05) is 31.2 Å². The summed E-state index contributed by atoms with van der Waals surface area (Å²) < 4.78 is 0. The summed E-state index contributed by atoms with van der Waals surface area (Å²) in [7, 11) is 0. The van der Waals surface area contributed by atoms with Gasteiger partial charge in [-0.1, -0.05) is 0 Å². The lowest BCUT2D eigenvalue weighted by atomic mass is 9.91. The second kappa shape index (κ2) is 7.74. The Morgan fingerprint density at radius 2 is 1.86 bits per heavy atom. The maximum absolute atomic E-state index is 12.1. The third kappa shape index (κ3) is 4.42. The molecule has 1 aromatic rings.